The number of rotatable bonds is 4. The average Bonchev–Trinajstić information content (AvgIpc) is 3.26. The van der Waals surface area contributed by atoms with E-state index >= 15 is 0 Å². The zero-order valence-electron chi connectivity index (χ0n) is 13.5. The highest BCUT2D eigenvalue weighted by Gasteiger charge is 2.17. The lowest BCUT2D eigenvalue weighted by molar-refractivity contribution is 0.174. The van der Waals surface area contributed by atoms with Crippen molar-refractivity contribution in [3.05, 3.63) is 35.3 Å². The Hall–Kier alpha value is -2.81. The Morgan fingerprint density at radius 2 is 1.96 bits per heavy atom. The average molecular weight is 358 g/mol. The monoisotopic (exact) mass is 358 g/mol. The van der Waals surface area contributed by atoms with E-state index in [1.807, 2.05) is 25.1 Å². The maximum absolute atomic E-state index is 9.77. The van der Waals surface area contributed by atoms with E-state index in [0.717, 1.165) is 11.3 Å². The summed E-state index contributed by atoms with van der Waals surface area (Å²) in [6.45, 7) is 3.82. The van der Waals surface area contributed by atoms with E-state index in [2.05, 4.69) is 20.1 Å². The van der Waals surface area contributed by atoms with Crippen LogP contribution in [0.4, 0.5) is 0 Å². The van der Waals surface area contributed by atoms with Gasteiger partial charge in [0, 0.05) is 16.8 Å². The van der Waals surface area contributed by atoms with Gasteiger partial charge in [-0.25, -0.2) is 4.98 Å². The van der Waals surface area contributed by atoms with Gasteiger partial charge in [0.15, 0.2) is 16.7 Å². The number of benzene rings is 1. The Morgan fingerprint density at radius 1 is 1.12 bits per heavy atom. The highest BCUT2D eigenvalue weighted by molar-refractivity contribution is 7.98. The molecular weight excluding hydrogens is 344 g/mol. The lowest BCUT2D eigenvalue weighted by Gasteiger charge is -2.04. The molecule has 0 bridgehead atoms. The molecule has 0 radical (unpaired) electrons. The second-order valence-electron chi connectivity index (χ2n) is 5.41. The number of aromatic nitrogens is 4. The first-order chi connectivity index (χ1) is 12.1. The lowest BCUT2D eigenvalue weighted by atomic mass is 10.2. The van der Waals surface area contributed by atoms with Crippen molar-refractivity contribution in [3.8, 4) is 28.8 Å². The molecule has 25 heavy (non-hydrogen) atoms. The summed E-state index contributed by atoms with van der Waals surface area (Å²) in [4.78, 5) is 12.7. The fourth-order valence-electron chi connectivity index (χ4n) is 2.25. The topological polar surface area (TPSA) is 103 Å². The van der Waals surface area contributed by atoms with Gasteiger partial charge in [-0.05, 0) is 32.0 Å². The molecule has 1 aliphatic heterocycles. The zero-order chi connectivity index (χ0) is 17.4. The molecular formula is C16H14N4O4S. The normalized spacial score (nSPS) is 12.6. The first-order valence-corrected chi connectivity index (χ1v) is 8.48. The van der Waals surface area contributed by atoms with E-state index < -0.39 is 0 Å². The molecule has 1 aliphatic rings. The molecule has 0 unspecified atom stereocenters. The number of hydrogen-bond donors (Lipinski definition) is 1. The van der Waals surface area contributed by atoms with Gasteiger partial charge in [-0.15, -0.1) is 0 Å². The van der Waals surface area contributed by atoms with Crippen molar-refractivity contribution in [2.45, 2.75) is 24.8 Å². The Morgan fingerprint density at radius 3 is 2.80 bits per heavy atom. The molecule has 0 saturated heterocycles. The lowest BCUT2D eigenvalue weighted by Crippen LogP contribution is -1.95. The number of thioether (sulfide) groups is 1. The van der Waals surface area contributed by atoms with Crippen LogP contribution in [0.25, 0.3) is 11.4 Å². The number of nitrogens with zero attached hydrogens (tertiary/aromatic N) is 4. The number of hydrogen-bond acceptors (Lipinski definition) is 9. The first-order valence-electron chi connectivity index (χ1n) is 7.50. The number of ether oxygens (including phenoxy) is 2. The van der Waals surface area contributed by atoms with Gasteiger partial charge in [0.2, 0.25) is 24.4 Å². The minimum Gasteiger partial charge on any atom is -0.493 e. The number of fused-ring (bicyclic) bond motifs is 1. The Labute approximate surface area is 147 Å². The Bertz CT molecular complexity index is 921. The van der Waals surface area contributed by atoms with E-state index in [-0.39, 0.29) is 12.7 Å². The molecule has 1 N–H and O–H groups in total. The molecule has 0 spiro atoms. The molecule has 3 aromatic rings. The Kier molecular flexibility index (Phi) is 3.92. The quantitative estimate of drug-likeness (QED) is 0.557. The largest absolute Gasteiger partial charge is 0.493 e. The van der Waals surface area contributed by atoms with Crippen molar-refractivity contribution in [2.24, 2.45) is 0 Å². The molecule has 4 rings (SSSR count). The fraction of sp³-hybridized carbons (Fsp3) is 0.250. The SMILES string of the molecule is Cc1nc(SCc2nc(-c3ccc4c(c3)OCO4)no2)nc(O)c1C. The molecule has 1 aromatic carbocycles. The molecule has 2 aromatic heterocycles. The van der Waals surface area contributed by atoms with Crippen molar-refractivity contribution in [3.63, 3.8) is 0 Å². The summed E-state index contributed by atoms with van der Waals surface area (Å²) in [5.74, 6) is 2.67. The van der Waals surface area contributed by atoms with Gasteiger partial charge >= 0.3 is 0 Å². The maximum Gasteiger partial charge on any atom is 0.237 e. The second kappa shape index (κ2) is 6.25. The van der Waals surface area contributed by atoms with Gasteiger partial charge in [-0.2, -0.15) is 9.97 Å². The van der Waals surface area contributed by atoms with Gasteiger partial charge in [0.05, 0.1) is 5.75 Å². The number of aryl methyl sites for hydroxylation is 1. The third kappa shape index (κ3) is 3.10. The summed E-state index contributed by atoms with van der Waals surface area (Å²) in [6, 6.07) is 5.47. The van der Waals surface area contributed by atoms with Gasteiger partial charge in [0.1, 0.15) is 0 Å². The van der Waals surface area contributed by atoms with Gasteiger partial charge < -0.3 is 19.1 Å². The third-order valence-electron chi connectivity index (χ3n) is 3.77. The summed E-state index contributed by atoms with van der Waals surface area (Å²) in [6.07, 6.45) is 0. The zero-order valence-corrected chi connectivity index (χ0v) is 14.3. The van der Waals surface area contributed by atoms with Gasteiger partial charge in [-0.3, -0.25) is 0 Å². The van der Waals surface area contributed by atoms with Crippen molar-refractivity contribution in [2.75, 3.05) is 6.79 Å². The van der Waals surface area contributed by atoms with E-state index in [1.54, 1.807) is 6.92 Å². The fourth-order valence-corrected chi connectivity index (χ4v) is 2.97. The van der Waals surface area contributed by atoms with Crippen LogP contribution >= 0.6 is 11.8 Å². The molecule has 9 heteroatoms. The first kappa shape index (κ1) is 15.7. The minimum absolute atomic E-state index is 0.0124. The number of aromatic hydroxyl groups is 1. The van der Waals surface area contributed by atoms with Crippen molar-refractivity contribution in [1.29, 1.82) is 0 Å². The molecule has 0 amide bonds. The summed E-state index contributed by atoms with van der Waals surface area (Å²) >= 11 is 1.32. The summed E-state index contributed by atoms with van der Waals surface area (Å²) in [5, 5.41) is 14.2. The van der Waals surface area contributed by atoms with E-state index in [0.29, 0.717) is 39.7 Å². The molecule has 8 nitrogen and oxygen atoms in total. The molecule has 128 valence electrons. The predicted molar refractivity (Wildman–Crippen MR) is 88.6 cm³/mol. The van der Waals surface area contributed by atoms with Gasteiger partial charge in [-0.1, -0.05) is 16.9 Å². The van der Waals surface area contributed by atoms with Crippen molar-refractivity contribution >= 4 is 11.8 Å². The van der Waals surface area contributed by atoms with Crippen LogP contribution in [0.1, 0.15) is 17.1 Å². The highest BCUT2D eigenvalue weighted by atomic mass is 32.2. The van der Waals surface area contributed by atoms with Crippen LogP contribution in [0.5, 0.6) is 17.4 Å². The van der Waals surface area contributed by atoms with Crippen molar-refractivity contribution < 1.29 is 19.1 Å². The van der Waals surface area contributed by atoms with Crippen molar-refractivity contribution in [1.82, 2.24) is 20.1 Å². The van der Waals surface area contributed by atoms with E-state index in [9.17, 15) is 5.11 Å². The van der Waals surface area contributed by atoms with E-state index in [1.165, 1.54) is 11.8 Å². The second-order valence-corrected chi connectivity index (χ2v) is 6.35. The molecule has 0 saturated carbocycles. The standard InChI is InChI=1S/C16H14N4O4S/c1-8-9(2)17-16(19-15(8)21)25-6-13-18-14(20-24-13)10-3-4-11-12(5-10)23-7-22-11/h3-5H,6-7H2,1-2H3,(H,17,19,21). The van der Waals surface area contributed by atoms with Crippen LogP contribution in [0.2, 0.25) is 0 Å². The maximum atomic E-state index is 9.77. The summed E-state index contributed by atoms with van der Waals surface area (Å²) in [5.41, 5.74) is 2.19. The van der Waals surface area contributed by atoms with Gasteiger partial charge in [0.25, 0.3) is 0 Å². The highest BCUT2D eigenvalue weighted by Crippen LogP contribution is 2.35. The Balaban J connectivity index is 1.48. The third-order valence-corrected chi connectivity index (χ3v) is 4.60. The minimum atomic E-state index is -0.0124. The predicted octanol–water partition coefficient (Wildman–Crippen LogP) is 2.87. The van der Waals surface area contributed by atoms with Crippen LogP contribution in [0, 0.1) is 13.8 Å². The molecule has 0 aliphatic carbocycles. The van der Waals surface area contributed by atoms with E-state index in [4.69, 9.17) is 14.0 Å². The smallest absolute Gasteiger partial charge is 0.237 e. The molecule has 0 atom stereocenters. The summed E-state index contributed by atoms with van der Waals surface area (Å²) < 4.78 is 15.9. The van der Waals surface area contributed by atoms with Crippen LogP contribution < -0.4 is 9.47 Å². The van der Waals surface area contributed by atoms with Crippen LogP contribution in [0.15, 0.2) is 27.9 Å². The van der Waals surface area contributed by atoms with Crippen LogP contribution in [-0.2, 0) is 5.75 Å². The summed E-state index contributed by atoms with van der Waals surface area (Å²) in [7, 11) is 0. The molecule has 3 heterocycles. The molecule has 0 fully saturated rings. The van der Waals surface area contributed by atoms with Crippen LogP contribution in [-0.4, -0.2) is 32.0 Å². The van der Waals surface area contributed by atoms with Crippen LogP contribution in [0.3, 0.4) is 0 Å².